The summed E-state index contributed by atoms with van der Waals surface area (Å²) in [7, 11) is 0. The smallest absolute Gasteiger partial charge is 0.360 e. The first-order valence-corrected chi connectivity index (χ1v) is 11.3. The molecule has 0 radical (unpaired) electrons. The number of aromatic nitrogens is 1. The summed E-state index contributed by atoms with van der Waals surface area (Å²) in [6.45, 7) is 0.665. The number of alkyl halides is 6. The summed E-state index contributed by atoms with van der Waals surface area (Å²) in [4.78, 5) is 6.66. The molecule has 0 amide bonds. The molecule has 0 aromatic heterocycles. The minimum Gasteiger partial charge on any atom is -0.360 e. The highest BCUT2D eigenvalue weighted by molar-refractivity contribution is 7.21. The largest absolute Gasteiger partial charge is 0.451 e. The van der Waals surface area contributed by atoms with Crippen LogP contribution in [0.4, 0.5) is 32.0 Å². The maximum absolute atomic E-state index is 13.4. The van der Waals surface area contributed by atoms with E-state index < -0.39 is 24.4 Å². The van der Waals surface area contributed by atoms with Crippen molar-refractivity contribution in [3.8, 4) is 10.6 Å². The summed E-state index contributed by atoms with van der Waals surface area (Å²) in [6, 6.07) is 7.14. The van der Waals surface area contributed by atoms with Crippen LogP contribution in [0.25, 0.3) is 20.8 Å². The highest BCUT2D eigenvalue weighted by Crippen LogP contribution is 2.38. The van der Waals surface area contributed by atoms with Crippen LogP contribution in [-0.4, -0.2) is 42.5 Å². The van der Waals surface area contributed by atoms with Crippen molar-refractivity contribution in [3.63, 3.8) is 0 Å². The zero-order chi connectivity index (χ0) is 22.7. The molecule has 0 saturated carbocycles. The van der Waals surface area contributed by atoms with Crippen molar-refractivity contribution < 1.29 is 26.3 Å². The summed E-state index contributed by atoms with van der Waals surface area (Å²) in [5.41, 5.74) is 1.79. The average Bonchev–Trinajstić information content (AvgIpc) is 3.40. The van der Waals surface area contributed by atoms with Gasteiger partial charge in [0.2, 0.25) is 11.4 Å². The molecular formula is C22H20F6N3S+. The second-order valence-electron chi connectivity index (χ2n) is 8.30. The zero-order valence-electron chi connectivity index (χ0n) is 16.9. The van der Waals surface area contributed by atoms with Crippen LogP contribution in [0.2, 0.25) is 0 Å². The Hall–Kier alpha value is -2.36. The molecule has 5 rings (SSSR count). The topological polar surface area (TPSA) is 19.1 Å². The van der Waals surface area contributed by atoms with Gasteiger partial charge in [-0.15, -0.1) is 11.3 Å². The Labute approximate surface area is 184 Å². The molecule has 2 unspecified atom stereocenters. The number of anilines is 1. The molecule has 3 heterocycles. The molecule has 3 aliphatic heterocycles. The Morgan fingerprint density at radius 3 is 2.50 bits per heavy atom. The molecule has 4 aliphatic rings. The fourth-order valence-corrected chi connectivity index (χ4v) is 5.82. The van der Waals surface area contributed by atoms with Crippen molar-refractivity contribution in [1.29, 1.82) is 0 Å². The third-order valence-corrected chi connectivity index (χ3v) is 7.37. The van der Waals surface area contributed by atoms with E-state index in [-0.39, 0.29) is 12.8 Å². The van der Waals surface area contributed by atoms with Crippen molar-refractivity contribution in [1.82, 2.24) is 9.56 Å². The summed E-state index contributed by atoms with van der Waals surface area (Å²) >= 11 is 1.34. The summed E-state index contributed by atoms with van der Waals surface area (Å²) in [5, 5.41) is 0.488. The molecule has 1 aromatic carbocycles. The standard InChI is InChI=1S/C22H20F6N3S/c23-21(24,25)19-3-1-9-30(19)13-5-7-15-17(11-13)32-18-12-14(6-8-16(18)29-15)31-10-2-4-20(31)22(26,27)28/h5-8,11-12,19-20H,1-4,9-10H2/q+1. The number of fused-ring (bicyclic) bond motifs is 2. The minimum absolute atomic E-state index is 0.0699. The maximum atomic E-state index is 13.4. The molecule has 2 saturated heterocycles. The molecule has 1 aromatic rings. The van der Waals surface area contributed by atoms with Crippen molar-refractivity contribution in [3.05, 3.63) is 41.8 Å². The van der Waals surface area contributed by atoms with E-state index in [1.807, 2.05) is 0 Å². The third-order valence-electron chi connectivity index (χ3n) is 6.27. The van der Waals surface area contributed by atoms with Gasteiger partial charge in [-0.1, -0.05) is 0 Å². The molecule has 0 bridgehead atoms. The molecule has 1 aliphatic carbocycles. The maximum Gasteiger partial charge on any atom is 0.451 e. The number of hydrogen-bond donors (Lipinski definition) is 0. The fraction of sp³-hybridized carbons (Fsp3) is 0.455. The van der Waals surface area contributed by atoms with E-state index in [9.17, 15) is 26.3 Å². The highest BCUT2D eigenvalue weighted by atomic mass is 32.1. The predicted molar refractivity (Wildman–Crippen MR) is 112 cm³/mol. The van der Waals surface area contributed by atoms with E-state index >= 15 is 0 Å². The van der Waals surface area contributed by atoms with Gasteiger partial charge in [-0.2, -0.15) is 26.3 Å². The van der Waals surface area contributed by atoms with Gasteiger partial charge in [0.15, 0.2) is 0 Å². The number of halogens is 6. The van der Waals surface area contributed by atoms with Crippen molar-refractivity contribution in [2.75, 3.05) is 18.0 Å². The lowest BCUT2D eigenvalue weighted by Gasteiger charge is -2.28. The molecule has 170 valence electrons. The van der Waals surface area contributed by atoms with Gasteiger partial charge in [0.1, 0.15) is 12.6 Å². The third kappa shape index (κ3) is 3.82. The van der Waals surface area contributed by atoms with Gasteiger partial charge >= 0.3 is 12.4 Å². The van der Waals surface area contributed by atoms with Crippen LogP contribution in [0.1, 0.15) is 25.7 Å². The lowest BCUT2D eigenvalue weighted by molar-refractivity contribution is -0.156. The quantitative estimate of drug-likeness (QED) is 0.267. The molecule has 0 N–H and O–H groups in total. The van der Waals surface area contributed by atoms with Gasteiger partial charge in [-0.25, -0.2) is 9.56 Å². The molecule has 2 fully saturated rings. The number of rotatable bonds is 1. The molecule has 2 atom stereocenters. The molecular weight excluding hydrogens is 452 g/mol. The lowest BCUT2D eigenvalue weighted by Crippen LogP contribution is -2.43. The Morgan fingerprint density at radius 1 is 0.938 bits per heavy atom. The van der Waals surface area contributed by atoms with E-state index in [4.69, 9.17) is 0 Å². The fourth-order valence-electron chi connectivity index (χ4n) is 4.79. The SMILES string of the molecule is FC(F)(F)C1CCCN1c1ccc2nc3ccc(=[N+]4CCCC4C(F)(F)F)cc-3sc2c1. The Morgan fingerprint density at radius 2 is 1.75 bits per heavy atom. The van der Waals surface area contributed by atoms with Crippen molar-refractivity contribution in [2.45, 2.75) is 50.1 Å². The van der Waals surface area contributed by atoms with Crippen molar-refractivity contribution >= 4 is 27.2 Å². The summed E-state index contributed by atoms with van der Waals surface area (Å²) in [6.07, 6.45) is -7.50. The molecule has 32 heavy (non-hydrogen) atoms. The van der Waals surface area contributed by atoms with E-state index in [2.05, 4.69) is 4.98 Å². The van der Waals surface area contributed by atoms with Gasteiger partial charge < -0.3 is 4.90 Å². The monoisotopic (exact) mass is 472 g/mol. The van der Waals surface area contributed by atoms with Gasteiger partial charge in [0.05, 0.1) is 20.8 Å². The Balaban J connectivity index is 1.59. The number of hydrogen-bond acceptors (Lipinski definition) is 3. The van der Waals surface area contributed by atoms with Crippen LogP contribution in [0, 0.1) is 0 Å². The van der Waals surface area contributed by atoms with E-state index in [1.165, 1.54) is 20.8 Å². The van der Waals surface area contributed by atoms with Gasteiger partial charge in [0, 0.05) is 37.2 Å². The van der Waals surface area contributed by atoms with Crippen LogP contribution < -0.4 is 14.8 Å². The van der Waals surface area contributed by atoms with Gasteiger partial charge in [-0.3, -0.25) is 0 Å². The zero-order valence-corrected chi connectivity index (χ0v) is 17.7. The van der Waals surface area contributed by atoms with Crippen LogP contribution in [0.5, 0.6) is 0 Å². The van der Waals surface area contributed by atoms with Crippen molar-refractivity contribution in [2.24, 2.45) is 0 Å². The van der Waals surface area contributed by atoms with Crippen LogP contribution in [0.3, 0.4) is 0 Å². The highest BCUT2D eigenvalue weighted by Gasteiger charge is 2.50. The molecule has 0 spiro atoms. The second-order valence-corrected chi connectivity index (χ2v) is 9.39. The van der Waals surface area contributed by atoms with E-state index in [0.717, 1.165) is 0 Å². The number of nitrogens with zero attached hydrogens (tertiary/aromatic N) is 3. The van der Waals surface area contributed by atoms with E-state index in [1.54, 1.807) is 36.4 Å². The second kappa shape index (κ2) is 7.60. The minimum atomic E-state index is -4.30. The summed E-state index contributed by atoms with van der Waals surface area (Å²) in [5.74, 6) is 0. The van der Waals surface area contributed by atoms with Crippen LogP contribution in [-0.2, 0) is 0 Å². The predicted octanol–water partition coefficient (Wildman–Crippen LogP) is 5.43. The van der Waals surface area contributed by atoms with Crippen LogP contribution >= 0.6 is 11.3 Å². The normalized spacial score (nSPS) is 24.1. The Kier molecular flexibility index (Phi) is 5.11. The molecule has 10 heteroatoms. The average molecular weight is 472 g/mol. The van der Waals surface area contributed by atoms with Gasteiger partial charge in [0.25, 0.3) is 0 Å². The molecule has 3 nitrogen and oxygen atoms in total. The Bertz CT molecular complexity index is 1200. The van der Waals surface area contributed by atoms with Gasteiger partial charge in [-0.05, 0) is 37.1 Å². The number of benzene rings is 2. The van der Waals surface area contributed by atoms with E-state index in [0.29, 0.717) is 57.8 Å². The first-order chi connectivity index (χ1) is 15.1. The summed E-state index contributed by atoms with van der Waals surface area (Å²) < 4.78 is 82.4. The first-order valence-electron chi connectivity index (χ1n) is 10.5. The van der Waals surface area contributed by atoms with Crippen LogP contribution in [0.15, 0.2) is 36.4 Å². The lowest BCUT2D eigenvalue weighted by atomic mass is 10.2. The first kappa shape index (κ1) is 21.5.